The summed E-state index contributed by atoms with van der Waals surface area (Å²) in [5.74, 6) is 0.0379. The molecule has 2 rings (SSSR count). The standard InChI is InChI=1S/C12H16FN3/c13-10-4-3-9-5-7-16(11(9)8-10)6-1-2-12(14)15/h3-4,8H,1-2,5-7H2,(H3,14,15). The molecule has 1 aliphatic rings. The number of nitrogens with zero attached hydrogens (tertiary/aromatic N) is 1. The summed E-state index contributed by atoms with van der Waals surface area (Å²) in [6.45, 7) is 1.78. The first-order valence-electron chi connectivity index (χ1n) is 5.53. The predicted octanol–water partition coefficient (Wildman–Crippen LogP) is 1.90. The zero-order valence-electron chi connectivity index (χ0n) is 9.17. The Labute approximate surface area is 94.6 Å². The van der Waals surface area contributed by atoms with Crippen LogP contribution in [0.4, 0.5) is 10.1 Å². The molecule has 0 bridgehead atoms. The van der Waals surface area contributed by atoms with Crippen LogP contribution in [0.15, 0.2) is 18.2 Å². The van der Waals surface area contributed by atoms with E-state index in [-0.39, 0.29) is 11.7 Å². The molecule has 1 aliphatic heterocycles. The van der Waals surface area contributed by atoms with E-state index in [9.17, 15) is 4.39 Å². The summed E-state index contributed by atoms with van der Waals surface area (Å²) in [6.07, 6.45) is 2.45. The highest BCUT2D eigenvalue weighted by molar-refractivity contribution is 5.76. The minimum absolute atomic E-state index is 0.183. The Hall–Kier alpha value is -1.58. The molecule has 0 aromatic heterocycles. The fraction of sp³-hybridized carbons (Fsp3) is 0.417. The van der Waals surface area contributed by atoms with Gasteiger partial charge in [0.1, 0.15) is 5.82 Å². The molecule has 86 valence electrons. The summed E-state index contributed by atoms with van der Waals surface area (Å²) in [7, 11) is 0. The van der Waals surface area contributed by atoms with Crippen molar-refractivity contribution < 1.29 is 4.39 Å². The van der Waals surface area contributed by atoms with E-state index in [1.165, 1.54) is 11.6 Å². The number of amidine groups is 1. The van der Waals surface area contributed by atoms with Gasteiger partial charge in [0.25, 0.3) is 0 Å². The smallest absolute Gasteiger partial charge is 0.125 e. The average molecular weight is 221 g/mol. The minimum Gasteiger partial charge on any atom is -0.388 e. The third kappa shape index (κ3) is 2.32. The number of halogens is 1. The number of nitrogens with one attached hydrogen (secondary N) is 1. The summed E-state index contributed by atoms with van der Waals surface area (Å²) < 4.78 is 13.1. The van der Waals surface area contributed by atoms with Gasteiger partial charge in [0.2, 0.25) is 0 Å². The van der Waals surface area contributed by atoms with Gasteiger partial charge in [-0.3, -0.25) is 5.41 Å². The quantitative estimate of drug-likeness (QED) is 0.602. The van der Waals surface area contributed by atoms with Crippen molar-refractivity contribution in [3.8, 4) is 0 Å². The summed E-state index contributed by atoms with van der Waals surface area (Å²) >= 11 is 0. The van der Waals surface area contributed by atoms with Gasteiger partial charge in [0.05, 0.1) is 5.84 Å². The molecule has 4 heteroatoms. The monoisotopic (exact) mass is 221 g/mol. The molecule has 0 saturated carbocycles. The Balaban J connectivity index is 2.00. The van der Waals surface area contributed by atoms with Crippen LogP contribution in [0.25, 0.3) is 0 Å². The van der Waals surface area contributed by atoms with Crippen molar-refractivity contribution in [3.63, 3.8) is 0 Å². The lowest BCUT2D eigenvalue weighted by Crippen LogP contribution is -2.23. The third-order valence-electron chi connectivity index (χ3n) is 2.91. The van der Waals surface area contributed by atoms with Gasteiger partial charge in [-0.15, -0.1) is 0 Å². The van der Waals surface area contributed by atoms with Crippen LogP contribution in [0.2, 0.25) is 0 Å². The lowest BCUT2D eigenvalue weighted by molar-refractivity contribution is 0.627. The Morgan fingerprint density at radius 3 is 3.06 bits per heavy atom. The first-order chi connectivity index (χ1) is 7.66. The zero-order chi connectivity index (χ0) is 11.5. The third-order valence-corrected chi connectivity index (χ3v) is 2.91. The molecule has 0 aliphatic carbocycles. The minimum atomic E-state index is -0.183. The van der Waals surface area contributed by atoms with Crippen LogP contribution in [-0.2, 0) is 6.42 Å². The highest BCUT2D eigenvalue weighted by Crippen LogP contribution is 2.28. The predicted molar refractivity (Wildman–Crippen MR) is 63.5 cm³/mol. The van der Waals surface area contributed by atoms with E-state index >= 15 is 0 Å². The maximum atomic E-state index is 13.1. The van der Waals surface area contributed by atoms with Crippen LogP contribution in [0, 0.1) is 11.2 Å². The van der Waals surface area contributed by atoms with E-state index in [0.717, 1.165) is 31.6 Å². The van der Waals surface area contributed by atoms with E-state index in [1.54, 1.807) is 6.07 Å². The van der Waals surface area contributed by atoms with Crippen molar-refractivity contribution >= 4 is 11.5 Å². The second-order valence-corrected chi connectivity index (χ2v) is 4.14. The topological polar surface area (TPSA) is 53.1 Å². The maximum absolute atomic E-state index is 13.1. The fourth-order valence-electron chi connectivity index (χ4n) is 2.11. The fourth-order valence-corrected chi connectivity index (χ4v) is 2.11. The average Bonchev–Trinajstić information content (AvgIpc) is 2.60. The number of benzene rings is 1. The number of fused-ring (bicyclic) bond motifs is 1. The molecule has 0 atom stereocenters. The van der Waals surface area contributed by atoms with Gasteiger partial charge >= 0.3 is 0 Å². The Morgan fingerprint density at radius 1 is 1.50 bits per heavy atom. The van der Waals surface area contributed by atoms with Gasteiger partial charge in [-0.05, 0) is 30.5 Å². The lowest BCUT2D eigenvalue weighted by Gasteiger charge is -2.19. The molecular formula is C12H16FN3. The zero-order valence-corrected chi connectivity index (χ0v) is 9.17. The second kappa shape index (κ2) is 4.51. The number of nitrogens with two attached hydrogens (primary N) is 1. The highest BCUT2D eigenvalue weighted by Gasteiger charge is 2.18. The molecule has 1 aromatic carbocycles. The van der Waals surface area contributed by atoms with Crippen LogP contribution in [0.5, 0.6) is 0 Å². The molecule has 16 heavy (non-hydrogen) atoms. The summed E-state index contributed by atoms with van der Waals surface area (Å²) in [4.78, 5) is 2.17. The van der Waals surface area contributed by atoms with Crippen LogP contribution in [-0.4, -0.2) is 18.9 Å². The van der Waals surface area contributed by atoms with Crippen molar-refractivity contribution in [2.45, 2.75) is 19.3 Å². The van der Waals surface area contributed by atoms with E-state index in [1.807, 2.05) is 6.07 Å². The van der Waals surface area contributed by atoms with Gasteiger partial charge < -0.3 is 10.6 Å². The van der Waals surface area contributed by atoms with Crippen LogP contribution >= 0.6 is 0 Å². The van der Waals surface area contributed by atoms with Gasteiger partial charge in [0.15, 0.2) is 0 Å². The van der Waals surface area contributed by atoms with Crippen LogP contribution < -0.4 is 10.6 Å². The molecule has 0 fully saturated rings. The molecule has 1 heterocycles. The largest absolute Gasteiger partial charge is 0.388 e. The summed E-state index contributed by atoms with van der Waals surface area (Å²) in [6, 6.07) is 4.96. The van der Waals surface area contributed by atoms with Crippen molar-refractivity contribution in [2.24, 2.45) is 5.73 Å². The molecule has 0 saturated heterocycles. The Morgan fingerprint density at radius 2 is 2.31 bits per heavy atom. The van der Waals surface area contributed by atoms with Crippen LogP contribution in [0.3, 0.4) is 0 Å². The first kappa shape index (κ1) is 10.9. The highest BCUT2D eigenvalue weighted by atomic mass is 19.1. The molecular weight excluding hydrogens is 205 g/mol. The van der Waals surface area contributed by atoms with Gasteiger partial charge in [-0.25, -0.2) is 4.39 Å². The molecule has 3 nitrogen and oxygen atoms in total. The molecule has 1 aromatic rings. The Kier molecular flexibility index (Phi) is 3.08. The van der Waals surface area contributed by atoms with Crippen molar-refractivity contribution in [3.05, 3.63) is 29.6 Å². The lowest BCUT2D eigenvalue weighted by atomic mass is 10.1. The summed E-state index contributed by atoms with van der Waals surface area (Å²) in [5, 5.41) is 7.15. The van der Waals surface area contributed by atoms with Crippen molar-refractivity contribution in [2.75, 3.05) is 18.0 Å². The maximum Gasteiger partial charge on any atom is 0.125 e. The molecule has 0 amide bonds. The van der Waals surface area contributed by atoms with E-state index < -0.39 is 0 Å². The van der Waals surface area contributed by atoms with Crippen molar-refractivity contribution in [1.29, 1.82) is 5.41 Å². The molecule has 0 radical (unpaired) electrons. The number of anilines is 1. The normalized spacial score (nSPS) is 13.9. The van der Waals surface area contributed by atoms with Gasteiger partial charge in [-0.2, -0.15) is 0 Å². The molecule has 0 spiro atoms. The number of hydrogen-bond donors (Lipinski definition) is 2. The van der Waals surface area contributed by atoms with E-state index in [4.69, 9.17) is 11.1 Å². The SMILES string of the molecule is N=C(N)CCCN1CCc2ccc(F)cc21. The van der Waals surface area contributed by atoms with E-state index in [2.05, 4.69) is 4.90 Å². The molecule has 0 unspecified atom stereocenters. The number of hydrogen-bond acceptors (Lipinski definition) is 2. The van der Waals surface area contributed by atoms with Gasteiger partial charge in [-0.1, -0.05) is 6.07 Å². The molecule has 3 N–H and O–H groups in total. The van der Waals surface area contributed by atoms with E-state index in [0.29, 0.717) is 6.42 Å². The Bertz CT molecular complexity index is 403. The first-order valence-corrected chi connectivity index (χ1v) is 5.53. The summed E-state index contributed by atoms with van der Waals surface area (Å²) in [5.41, 5.74) is 7.52. The number of rotatable bonds is 4. The van der Waals surface area contributed by atoms with Crippen LogP contribution in [0.1, 0.15) is 18.4 Å². The van der Waals surface area contributed by atoms with Gasteiger partial charge in [0, 0.05) is 25.2 Å². The second-order valence-electron chi connectivity index (χ2n) is 4.14. The van der Waals surface area contributed by atoms with Crippen molar-refractivity contribution in [1.82, 2.24) is 0 Å².